The first kappa shape index (κ1) is 14.5. The van der Waals surface area contributed by atoms with Crippen molar-refractivity contribution in [3.05, 3.63) is 39.4 Å². The van der Waals surface area contributed by atoms with Crippen LogP contribution in [-0.4, -0.2) is 22.6 Å². The molecule has 1 aromatic carbocycles. The van der Waals surface area contributed by atoms with Gasteiger partial charge in [-0.15, -0.1) is 0 Å². The van der Waals surface area contributed by atoms with Gasteiger partial charge in [0, 0.05) is 4.47 Å². The zero-order valence-corrected chi connectivity index (χ0v) is 13.2. The van der Waals surface area contributed by atoms with Gasteiger partial charge < -0.3 is 15.2 Å². The lowest BCUT2D eigenvalue weighted by Gasteiger charge is -2.05. The molecule has 1 unspecified atom stereocenters. The van der Waals surface area contributed by atoms with Crippen molar-refractivity contribution >= 4 is 39.1 Å². The molecular formula is C13H12BrClN4O2. The smallest absolute Gasteiger partial charge is 0.297 e. The van der Waals surface area contributed by atoms with Crippen molar-refractivity contribution in [3.8, 4) is 0 Å². The van der Waals surface area contributed by atoms with E-state index >= 15 is 0 Å². The molecule has 3 rings (SSSR count). The second-order valence-corrected chi connectivity index (χ2v) is 6.01. The molecule has 2 heterocycles. The minimum absolute atomic E-state index is 0.00487. The zero-order valence-electron chi connectivity index (χ0n) is 10.9. The van der Waals surface area contributed by atoms with Gasteiger partial charge in [0.2, 0.25) is 5.89 Å². The van der Waals surface area contributed by atoms with Crippen LogP contribution in [0.25, 0.3) is 0 Å². The summed E-state index contributed by atoms with van der Waals surface area (Å²) >= 11 is 9.35. The minimum atomic E-state index is -0.456. The highest BCUT2D eigenvalue weighted by Crippen LogP contribution is 2.26. The molecule has 1 amide bonds. The van der Waals surface area contributed by atoms with E-state index in [9.17, 15) is 4.79 Å². The molecule has 2 N–H and O–H groups in total. The van der Waals surface area contributed by atoms with Crippen LogP contribution < -0.4 is 10.6 Å². The van der Waals surface area contributed by atoms with Crippen molar-refractivity contribution in [1.29, 1.82) is 0 Å². The van der Waals surface area contributed by atoms with Crippen LogP contribution in [0.1, 0.15) is 35.4 Å². The molecule has 8 heteroatoms. The van der Waals surface area contributed by atoms with Crippen LogP contribution in [0.2, 0.25) is 5.02 Å². The number of hydrogen-bond donors (Lipinski definition) is 2. The molecule has 0 aliphatic carbocycles. The molecule has 110 valence electrons. The quantitative estimate of drug-likeness (QED) is 0.866. The molecule has 0 spiro atoms. The summed E-state index contributed by atoms with van der Waals surface area (Å²) in [6.07, 6.45) is 1.99. The SMILES string of the molecule is O=C(Nc1cc(Br)ccc1Cl)c1noc(C2CCCN2)n1. The first-order chi connectivity index (χ1) is 10.1. The van der Waals surface area contributed by atoms with Gasteiger partial charge >= 0.3 is 0 Å². The van der Waals surface area contributed by atoms with Crippen LogP contribution in [0.15, 0.2) is 27.2 Å². The summed E-state index contributed by atoms with van der Waals surface area (Å²) < 4.78 is 5.95. The van der Waals surface area contributed by atoms with Gasteiger partial charge in [0.25, 0.3) is 11.7 Å². The Bertz CT molecular complexity index is 670. The van der Waals surface area contributed by atoms with E-state index in [1.54, 1.807) is 18.2 Å². The Balaban J connectivity index is 1.74. The van der Waals surface area contributed by atoms with Crippen molar-refractivity contribution in [2.45, 2.75) is 18.9 Å². The van der Waals surface area contributed by atoms with Gasteiger partial charge in [0.1, 0.15) is 0 Å². The first-order valence-corrected chi connectivity index (χ1v) is 7.64. The van der Waals surface area contributed by atoms with Gasteiger partial charge in [-0.25, -0.2) is 0 Å². The molecule has 6 nitrogen and oxygen atoms in total. The monoisotopic (exact) mass is 370 g/mol. The van der Waals surface area contributed by atoms with Crippen LogP contribution in [0.5, 0.6) is 0 Å². The zero-order chi connectivity index (χ0) is 14.8. The van der Waals surface area contributed by atoms with E-state index in [0.717, 1.165) is 23.9 Å². The van der Waals surface area contributed by atoms with Crippen molar-refractivity contribution in [3.63, 3.8) is 0 Å². The molecular weight excluding hydrogens is 360 g/mol. The molecule has 1 fully saturated rings. The topological polar surface area (TPSA) is 80.0 Å². The maximum Gasteiger partial charge on any atom is 0.297 e. The molecule has 1 saturated heterocycles. The number of nitrogens with zero attached hydrogens (tertiary/aromatic N) is 2. The summed E-state index contributed by atoms with van der Waals surface area (Å²) in [5.74, 6) is -0.0178. The summed E-state index contributed by atoms with van der Waals surface area (Å²) in [5.41, 5.74) is 0.487. The van der Waals surface area contributed by atoms with E-state index in [0.29, 0.717) is 16.6 Å². The number of aromatic nitrogens is 2. The molecule has 1 atom stereocenters. The highest BCUT2D eigenvalue weighted by atomic mass is 79.9. The molecule has 21 heavy (non-hydrogen) atoms. The lowest BCUT2D eigenvalue weighted by molar-refractivity contribution is 0.101. The maximum absolute atomic E-state index is 12.1. The van der Waals surface area contributed by atoms with Gasteiger partial charge in [-0.2, -0.15) is 4.98 Å². The largest absolute Gasteiger partial charge is 0.337 e. The molecule has 0 bridgehead atoms. The van der Waals surface area contributed by atoms with Gasteiger partial charge in [-0.3, -0.25) is 4.79 Å². The van der Waals surface area contributed by atoms with E-state index in [2.05, 4.69) is 36.7 Å². The number of nitrogens with one attached hydrogen (secondary N) is 2. The Morgan fingerprint density at radius 2 is 2.38 bits per heavy atom. The Morgan fingerprint density at radius 1 is 1.52 bits per heavy atom. The van der Waals surface area contributed by atoms with E-state index in [4.69, 9.17) is 16.1 Å². The predicted molar refractivity (Wildman–Crippen MR) is 81.4 cm³/mol. The number of rotatable bonds is 3. The Morgan fingerprint density at radius 3 is 3.14 bits per heavy atom. The number of benzene rings is 1. The lowest BCUT2D eigenvalue weighted by atomic mass is 10.2. The molecule has 1 aromatic heterocycles. The van der Waals surface area contributed by atoms with Crippen molar-refractivity contribution in [1.82, 2.24) is 15.5 Å². The molecule has 0 radical (unpaired) electrons. The first-order valence-electron chi connectivity index (χ1n) is 6.47. The average molecular weight is 372 g/mol. The number of amides is 1. The summed E-state index contributed by atoms with van der Waals surface area (Å²) in [5, 5.41) is 10.1. The second kappa shape index (κ2) is 6.13. The third kappa shape index (κ3) is 3.25. The van der Waals surface area contributed by atoms with Gasteiger partial charge in [0.15, 0.2) is 0 Å². The summed E-state index contributed by atoms with van der Waals surface area (Å²) in [7, 11) is 0. The summed E-state index contributed by atoms with van der Waals surface area (Å²) in [6, 6.07) is 5.22. The van der Waals surface area contributed by atoms with E-state index in [-0.39, 0.29) is 11.9 Å². The number of anilines is 1. The van der Waals surface area contributed by atoms with Gasteiger partial charge in [-0.05, 0) is 37.6 Å². The molecule has 1 aliphatic heterocycles. The normalized spacial score (nSPS) is 17.9. The number of halogens is 2. The van der Waals surface area contributed by atoms with Gasteiger partial charge in [0.05, 0.1) is 16.8 Å². The number of carbonyl (C=O) groups is 1. The van der Waals surface area contributed by atoms with Crippen LogP contribution in [0.4, 0.5) is 5.69 Å². The predicted octanol–water partition coefficient (Wildman–Crippen LogP) is 3.16. The highest BCUT2D eigenvalue weighted by Gasteiger charge is 2.24. The van der Waals surface area contributed by atoms with Crippen molar-refractivity contribution in [2.24, 2.45) is 0 Å². The van der Waals surface area contributed by atoms with Crippen LogP contribution in [0.3, 0.4) is 0 Å². The van der Waals surface area contributed by atoms with E-state index in [1.165, 1.54) is 0 Å². The maximum atomic E-state index is 12.1. The van der Waals surface area contributed by atoms with E-state index < -0.39 is 5.91 Å². The minimum Gasteiger partial charge on any atom is -0.337 e. The lowest BCUT2D eigenvalue weighted by Crippen LogP contribution is -2.16. The fourth-order valence-corrected chi connectivity index (χ4v) is 2.66. The Hall–Kier alpha value is -1.44. The third-order valence-corrected chi connectivity index (χ3v) is 4.00. The fraction of sp³-hybridized carbons (Fsp3) is 0.308. The van der Waals surface area contributed by atoms with Crippen LogP contribution in [-0.2, 0) is 0 Å². The van der Waals surface area contributed by atoms with Crippen LogP contribution in [0, 0.1) is 0 Å². The van der Waals surface area contributed by atoms with Crippen molar-refractivity contribution < 1.29 is 9.32 Å². The number of hydrogen-bond acceptors (Lipinski definition) is 5. The standard InChI is InChI=1S/C13H12BrClN4O2/c14-7-3-4-8(15)10(6-7)17-12(20)11-18-13(21-19-11)9-2-1-5-16-9/h3-4,6,9,16H,1-2,5H2,(H,17,20). The average Bonchev–Trinajstić information content (AvgIpc) is 3.12. The van der Waals surface area contributed by atoms with E-state index in [1.807, 2.05) is 0 Å². The number of carbonyl (C=O) groups excluding carboxylic acids is 1. The highest BCUT2D eigenvalue weighted by molar-refractivity contribution is 9.10. The third-order valence-electron chi connectivity index (χ3n) is 3.18. The fourth-order valence-electron chi connectivity index (χ4n) is 2.14. The van der Waals surface area contributed by atoms with Crippen LogP contribution >= 0.6 is 27.5 Å². The Labute approximate surface area is 134 Å². The molecule has 2 aromatic rings. The molecule has 0 saturated carbocycles. The summed E-state index contributed by atoms with van der Waals surface area (Å²) in [6.45, 7) is 0.919. The molecule has 1 aliphatic rings. The van der Waals surface area contributed by atoms with Gasteiger partial charge in [-0.1, -0.05) is 32.7 Å². The Kier molecular flexibility index (Phi) is 4.23. The second-order valence-electron chi connectivity index (χ2n) is 4.68. The van der Waals surface area contributed by atoms with Crippen molar-refractivity contribution in [2.75, 3.05) is 11.9 Å². The summed E-state index contributed by atoms with van der Waals surface area (Å²) in [4.78, 5) is 16.2.